The molecule has 1 aliphatic carbocycles. The van der Waals surface area contributed by atoms with Crippen molar-refractivity contribution in [1.29, 1.82) is 0 Å². The SMILES string of the molecule is COc1ccc(OCc2cc(/C=C3/NC(=S)N(C4CC4)C3=O)ccc2OC)cc1. The van der Waals surface area contributed by atoms with E-state index in [1.54, 1.807) is 19.1 Å². The molecule has 1 saturated heterocycles. The highest BCUT2D eigenvalue weighted by molar-refractivity contribution is 7.80. The number of hydrogen-bond donors (Lipinski definition) is 1. The van der Waals surface area contributed by atoms with Crippen LogP contribution in [0.1, 0.15) is 24.0 Å². The fourth-order valence-corrected chi connectivity index (χ4v) is 3.56. The summed E-state index contributed by atoms with van der Waals surface area (Å²) in [6, 6.07) is 13.4. The number of methoxy groups -OCH3 is 2. The molecule has 2 aliphatic rings. The summed E-state index contributed by atoms with van der Waals surface area (Å²) in [6.07, 6.45) is 3.83. The summed E-state index contributed by atoms with van der Waals surface area (Å²) in [4.78, 5) is 14.3. The van der Waals surface area contributed by atoms with Crippen molar-refractivity contribution >= 4 is 29.3 Å². The molecule has 1 amide bonds. The summed E-state index contributed by atoms with van der Waals surface area (Å²) < 4.78 is 16.5. The first kappa shape index (κ1) is 19.3. The molecule has 7 heteroatoms. The van der Waals surface area contributed by atoms with Gasteiger partial charge in [0, 0.05) is 11.6 Å². The molecular weight excluding hydrogens is 388 g/mol. The van der Waals surface area contributed by atoms with Gasteiger partial charge in [-0.3, -0.25) is 9.69 Å². The Bertz CT molecular complexity index is 967. The summed E-state index contributed by atoms with van der Waals surface area (Å²) in [5.74, 6) is 2.16. The smallest absolute Gasteiger partial charge is 0.276 e. The minimum absolute atomic E-state index is 0.0654. The van der Waals surface area contributed by atoms with Gasteiger partial charge >= 0.3 is 0 Å². The maximum absolute atomic E-state index is 12.6. The largest absolute Gasteiger partial charge is 0.497 e. The third-order valence-corrected chi connectivity index (χ3v) is 5.19. The molecule has 0 bridgehead atoms. The lowest BCUT2D eigenvalue weighted by molar-refractivity contribution is -0.122. The number of thiocarbonyl (C=S) groups is 1. The van der Waals surface area contributed by atoms with Crippen molar-refractivity contribution < 1.29 is 19.0 Å². The van der Waals surface area contributed by atoms with E-state index in [1.807, 2.05) is 48.5 Å². The number of benzene rings is 2. The quantitative estimate of drug-likeness (QED) is 0.557. The highest BCUT2D eigenvalue weighted by atomic mass is 32.1. The summed E-state index contributed by atoms with van der Waals surface area (Å²) in [6.45, 7) is 0.334. The summed E-state index contributed by atoms with van der Waals surface area (Å²) in [5.41, 5.74) is 2.24. The number of carbonyl (C=O) groups is 1. The molecule has 29 heavy (non-hydrogen) atoms. The van der Waals surface area contributed by atoms with Crippen LogP contribution < -0.4 is 19.5 Å². The molecule has 1 aliphatic heterocycles. The molecule has 0 atom stereocenters. The third kappa shape index (κ3) is 4.19. The average molecular weight is 410 g/mol. The Morgan fingerprint density at radius 3 is 2.48 bits per heavy atom. The molecule has 0 spiro atoms. The van der Waals surface area contributed by atoms with Crippen LogP contribution in [0.15, 0.2) is 48.2 Å². The van der Waals surface area contributed by atoms with Gasteiger partial charge in [-0.2, -0.15) is 0 Å². The van der Waals surface area contributed by atoms with Gasteiger partial charge in [0.05, 0.1) is 14.2 Å². The Kier molecular flexibility index (Phi) is 5.40. The molecule has 0 aromatic heterocycles. The van der Waals surface area contributed by atoms with E-state index in [0.717, 1.165) is 41.2 Å². The van der Waals surface area contributed by atoms with Crippen molar-refractivity contribution in [3.63, 3.8) is 0 Å². The van der Waals surface area contributed by atoms with Crippen LogP contribution in [0.3, 0.4) is 0 Å². The molecule has 0 unspecified atom stereocenters. The summed E-state index contributed by atoms with van der Waals surface area (Å²) >= 11 is 5.31. The number of carbonyl (C=O) groups excluding carboxylic acids is 1. The van der Waals surface area contributed by atoms with Crippen molar-refractivity contribution in [3.8, 4) is 17.2 Å². The lowest BCUT2D eigenvalue weighted by Gasteiger charge is -2.12. The standard InChI is InChI=1S/C22H22N2O4S/c1-26-17-6-8-18(9-7-17)28-13-15-11-14(3-10-20(15)27-2)12-19-21(25)24(16-4-5-16)22(29)23-19/h3,6-12,16H,4-5,13H2,1-2H3,(H,23,29)/b19-12+. The van der Waals surface area contributed by atoms with Crippen molar-refractivity contribution in [2.24, 2.45) is 0 Å². The van der Waals surface area contributed by atoms with Gasteiger partial charge < -0.3 is 19.5 Å². The Labute approximate surface area is 175 Å². The lowest BCUT2D eigenvalue weighted by Crippen LogP contribution is -2.32. The first-order valence-corrected chi connectivity index (χ1v) is 9.80. The molecular formula is C22H22N2O4S. The van der Waals surface area contributed by atoms with Crippen LogP contribution >= 0.6 is 12.2 Å². The number of hydrogen-bond acceptors (Lipinski definition) is 5. The minimum atomic E-state index is -0.0654. The minimum Gasteiger partial charge on any atom is -0.497 e. The number of nitrogens with zero attached hydrogens (tertiary/aromatic N) is 1. The summed E-state index contributed by atoms with van der Waals surface area (Å²) in [7, 11) is 3.25. The van der Waals surface area contributed by atoms with Crippen molar-refractivity contribution in [2.45, 2.75) is 25.5 Å². The molecule has 1 N–H and O–H groups in total. The van der Waals surface area contributed by atoms with Crippen LogP contribution in [0.2, 0.25) is 0 Å². The Morgan fingerprint density at radius 1 is 1.10 bits per heavy atom. The van der Waals surface area contributed by atoms with Gasteiger partial charge in [0.2, 0.25) is 0 Å². The van der Waals surface area contributed by atoms with E-state index in [2.05, 4.69) is 5.32 Å². The maximum atomic E-state index is 12.6. The number of ether oxygens (including phenoxy) is 3. The van der Waals surface area contributed by atoms with E-state index in [-0.39, 0.29) is 11.9 Å². The van der Waals surface area contributed by atoms with Crippen molar-refractivity contribution in [2.75, 3.05) is 14.2 Å². The second-order valence-corrected chi connectivity index (χ2v) is 7.32. The zero-order chi connectivity index (χ0) is 20.4. The van der Waals surface area contributed by atoms with E-state index < -0.39 is 0 Å². The highest BCUT2D eigenvalue weighted by Crippen LogP contribution is 2.31. The first-order chi connectivity index (χ1) is 14.1. The molecule has 1 heterocycles. The molecule has 150 valence electrons. The van der Waals surface area contributed by atoms with E-state index in [9.17, 15) is 4.79 Å². The fourth-order valence-electron chi connectivity index (χ4n) is 3.21. The zero-order valence-electron chi connectivity index (χ0n) is 16.3. The van der Waals surface area contributed by atoms with E-state index in [4.69, 9.17) is 26.4 Å². The third-order valence-electron chi connectivity index (χ3n) is 4.89. The Balaban J connectivity index is 1.51. The molecule has 2 aromatic rings. The van der Waals surface area contributed by atoms with Crippen molar-refractivity contribution in [1.82, 2.24) is 10.2 Å². The molecule has 2 aromatic carbocycles. The maximum Gasteiger partial charge on any atom is 0.276 e. The predicted octanol–water partition coefficient (Wildman–Crippen LogP) is 3.50. The summed E-state index contributed by atoms with van der Waals surface area (Å²) in [5, 5.41) is 3.52. The van der Waals surface area contributed by atoms with Crippen LogP contribution in [-0.4, -0.2) is 36.2 Å². The average Bonchev–Trinajstić information content (AvgIpc) is 3.53. The van der Waals surface area contributed by atoms with Gasteiger partial charge in [0.25, 0.3) is 5.91 Å². The predicted molar refractivity (Wildman–Crippen MR) is 114 cm³/mol. The van der Waals surface area contributed by atoms with Gasteiger partial charge in [0.15, 0.2) is 5.11 Å². The molecule has 2 fully saturated rings. The molecule has 0 radical (unpaired) electrons. The van der Waals surface area contributed by atoms with Gasteiger partial charge in [-0.1, -0.05) is 6.07 Å². The number of amides is 1. The Morgan fingerprint density at radius 2 is 1.83 bits per heavy atom. The van der Waals surface area contributed by atoms with Gasteiger partial charge in [-0.15, -0.1) is 0 Å². The van der Waals surface area contributed by atoms with Crippen LogP contribution in [-0.2, 0) is 11.4 Å². The fraction of sp³-hybridized carbons (Fsp3) is 0.273. The van der Waals surface area contributed by atoms with Crippen LogP contribution in [0.4, 0.5) is 0 Å². The van der Waals surface area contributed by atoms with E-state index >= 15 is 0 Å². The first-order valence-electron chi connectivity index (χ1n) is 9.39. The monoisotopic (exact) mass is 410 g/mol. The molecule has 6 nitrogen and oxygen atoms in total. The second-order valence-electron chi connectivity index (χ2n) is 6.93. The van der Waals surface area contributed by atoms with Gasteiger partial charge in [-0.25, -0.2) is 0 Å². The highest BCUT2D eigenvalue weighted by Gasteiger charge is 2.41. The Hall–Kier alpha value is -3.06. The lowest BCUT2D eigenvalue weighted by atomic mass is 10.1. The number of rotatable bonds is 7. The second kappa shape index (κ2) is 8.13. The normalized spacial score (nSPS) is 17.4. The van der Waals surface area contributed by atoms with Crippen LogP contribution in [0, 0.1) is 0 Å². The van der Waals surface area contributed by atoms with Crippen molar-refractivity contribution in [3.05, 3.63) is 59.3 Å². The van der Waals surface area contributed by atoms with Gasteiger partial charge in [0.1, 0.15) is 29.6 Å². The van der Waals surface area contributed by atoms with Crippen LogP contribution in [0.5, 0.6) is 17.2 Å². The zero-order valence-corrected chi connectivity index (χ0v) is 17.1. The topological polar surface area (TPSA) is 60.0 Å². The van der Waals surface area contributed by atoms with Gasteiger partial charge in [-0.05, 0) is 73.1 Å². The van der Waals surface area contributed by atoms with E-state index in [0.29, 0.717) is 17.4 Å². The molecule has 1 saturated carbocycles. The van der Waals surface area contributed by atoms with Crippen LogP contribution in [0.25, 0.3) is 6.08 Å². The van der Waals surface area contributed by atoms with E-state index in [1.165, 1.54) is 0 Å². The molecule has 4 rings (SSSR count). The number of nitrogens with one attached hydrogen (secondary N) is 1.